The minimum absolute atomic E-state index is 0.104. The van der Waals surface area contributed by atoms with Crippen LogP contribution in [0.2, 0.25) is 0 Å². The maximum atomic E-state index is 12.2. The number of ether oxygens (including phenoxy) is 1. The number of pyridine rings is 1. The molecule has 1 aliphatic heterocycles. The van der Waals surface area contributed by atoms with Crippen molar-refractivity contribution in [2.45, 2.75) is 38.5 Å². The van der Waals surface area contributed by atoms with Crippen LogP contribution >= 0.6 is 11.3 Å². The number of hydrogen-bond donors (Lipinski definition) is 0. The first-order valence-electron chi connectivity index (χ1n) is 5.96. The summed E-state index contributed by atoms with van der Waals surface area (Å²) < 4.78 is 8.59. The molecular weight excluding hydrogens is 234 g/mol. The maximum Gasteiger partial charge on any atom is 0.259 e. The number of nitrogens with zero attached hydrogens (tertiary/aromatic N) is 1. The summed E-state index contributed by atoms with van der Waals surface area (Å²) in [6.45, 7) is 2.76. The smallest absolute Gasteiger partial charge is 0.259 e. The number of aromatic nitrogens is 1. The van der Waals surface area contributed by atoms with Gasteiger partial charge in [-0.1, -0.05) is 0 Å². The molecule has 0 aliphatic carbocycles. The fraction of sp³-hybridized carbons (Fsp3) is 0.462. The minimum Gasteiger partial charge on any atom is -0.373 e. The van der Waals surface area contributed by atoms with E-state index in [0.717, 1.165) is 22.9 Å². The van der Waals surface area contributed by atoms with Crippen molar-refractivity contribution in [2.75, 3.05) is 0 Å². The van der Waals surface area contributed by atoms with Gasteiger partial charge in [-0.2, -0.15) is 0 Å². The first-order valence-corrected chi connectivity index (χ1v) is 6.84. The highest BCUT2D eigenvalue weighted by Crippen LogP contribution is 2.21. The van der Waals surface area contributed by atoms with Crippen LogP contribution in [0.15, 0.2) is 28.5 Å². The predicted octanol–water partition coefficient (Wildman–Crippen LogP) is 2.63. The Hall–Kier alpha value is -1.13. The normalized spacial score (nSPS) is 24.5. The van der Waals surface area contributed by atoms with Crippen LogP contribution in [-0.2, 0) is 11.3 Å². The molecule has 0 saturated carbocycles. The zero-order valence-electron chi connectivity index (χ0n) is 9.76. The van der Waals surface area contributed by atoms with Gasteiger partial charge in [0.1, 0.15) is 0 Å². The third-order valence-electron chi connectivity index (χ3n) is 3.31. The summed E-state index contributed by atoms with van der Waals surface area (Å²) >= 11 is 1.61. The highest BCUT2D eigenvalue weighted by Gasteiger charge is 2.22. The lowest BCUT2D eigenvalue weighted by Gasteiger charge is -2.13. The molecule has 0 radical (unpaired) electrons. The Morgan fingerprint density at radius 1 is 1.47 bits per heavy atom. The fourth-order valence-corrected chi connectivity index (χ4v) is 3.16. The molecule has 4 heteroatoms. The van der Waals surface area contributed by atoms with Gasteiger partial charge in [-0.25, -0.2) is 0 Å². The molecule has 0 N–H and O–H groups in total. The van der Waals surface area contributed by atoms with Crippen LogP contribution in [0.3, 0.4) is 0 Å². The quantitative estimate of drug-likeness (QED) is 0.819. The van der Waals surface area contributed by atoms with E-state index < -0.39 is 0 Å². The van der Waals surface area contributed by atoms with E-state index in [0.29, 0.717) is 12.6 Å². The highest BCUT2D eigenvalue weighted by atomic mass is 32.1. The van der Waals surface area contributed by atoms with E-state index in [1.54, 1.807) is 15.9 Å². The first-order chi connectivity index (χ1) is 8.24. The molecule has 1 fully saturated rings. The monoisotopic (exact) mass is 249 g/mol. The zero-order chi connectivity index (χ0) is 11.8. The van der Waals surface area contributed by atoms with E-state index in [2.05, 4.69) is 6.92 Å². The summed E-state index contributed by atoms with van der Waals surface area (Å²) in [5.41, 5.74) is 0.104. The van der Waals surface area contributed by atoms with Crippen molar-refractivity contribution in [3.05, 3.63) is 34.1 Å². The Labute approximate surface area is 104 Å². The summed E-state index contributed by atoms with van der Waals surface area (Å²) in [4.78, 5) is 12.2. The van der Waals surface area contributed by atoms with Gasteiger partial charge < -0.3 is 9.30 Å². The van der Waals surface area contributed by atoms with Crippen molar-refractivity contribution >= 4 is 21.4 Å². The molecule has 2 aromatic heterocycles. The van der Waals surface area contributed by atoms with Gasteiger partial charge >= 0.3 is 0 Å². The maximum absolute atomic E-state index is 12.2. The SMILES string of the molecule is CC1CCC(Cn2ccc3sccc3c2=O)O1. The Morgan fingerprint density at radius 2 is 2.35 bits per heavy atom. The second kappa shape index (κ2) is 4.27. The molecular formula is C13H15NO2S. The summed E-state index contributed by atoms with van der Waals surface area (Å²) in [6, 6.07) is 3.91. The molecule has 0 amide bonds. The first kappa shape index (κ1) is 11.0. The van der Waals surface area contributed by atoms with Crippen LogP contribution in [0.5, 0.6) is 0 Å². The molecule has 1 saturated heterocycles. The van der Waals surface area contributed by atoms with E-state index in [1.807, 2.05) is 23.7 Å². The van der Waals surface area contributed by atoms with Crippen LogP contribution in [0.1, 0.15) is 19.8 Å². The van der Waals surface area contributed by atoms with Crippen LogP contribution < -0.4 is 5.56 Å². The van der Waals surface area contributed by atoms with E-state index in [9.17, 15) is 4.79 Å². The molecule has 2 atom stereocenters. The largest absolute Gasteiger partial charge is 0.373 e. The predicted molar refractivity (Wildman–Crippen MR) is 69.7 cm³/mol. The van der Waals surface area contributed by atoms with Gasteiger partial charge in [-0.15, -0.1) is 11.3 Å². The molecule has 17 heavy (non-hydrogen) atoms. The third kappa shape index (κ3) is 2.03. The molecule has 0 bridgehead atoms. The van der Waals surface area contributed by atoms with Crippen molar-refractivity contribution in [2.24, 2.45) is 0 Å². The number of rotatable bonds is 2. The number of hydrogen-bond acceptors (Lipinski definition) is 3. The van der Waals surface area contributed by atoms with Crippen molar-refractivity contribution in [3.8, 4) is 0 Å². The van der Waals surface area contributed by atoms with Gasteiger partial charge in [0.05, 0.1) is 24.1 Å². The van der Waals surface area contributed by atoms with Gasteiger partial charge in [0.25, 0.3) is 5.56 Å². The molecule has 3 nitrogen and oxygen atoms in total. The van der Waals surface area contributed by atoms with E-state index >= 15 is 0 Å². The topological polar surface area (TPSA) is 31.2 Å². The fourth-order valence-electron chi connectivity index (χ4n) is 2.39. The molecule has 2 aromatic rings. The Balaban J connectivity index is 1.90. The number of fused-ring (bicyclic) bond motifs is 1. The molecule has 2 unspecified atom stereocenters. The van der Waals surface area contributed by atoms with Crippen molar-refractivity contribution in [1.29, 1.82) is 0 Å². The molecule has 1 aliphatic rings. The van der Waals surface area contributed by atoms with E-state index in [-0.39, 0.29) is 11.7 Å². The summed E-state index contributed by atoms with van der Waals surface area (Å²) in [5, 5.41) is 2.79. The van der Waals surface area contributed by atoms with Gasteiger partial charge in [-0.05, 0) is 37.3 Å². The Bertz CT molecular complexity index is 586. The van der Waals surface area contributed by atoms with Gasteiger partial charge in [0.2, 0.25) is 0 Å². The number of thiophene rings is 1. The van der Waals surface area contributed by atoms with Crippen molar-refractivity contribution in [1.82, 2.24) is 4.57 Å². The molecule has 0 spiro atoms. The Kier molecular flexibility index (Phi) is 2.76. The lowest BCUT2D eigenvalue weighted by atomic mass is 10.2. The summed E-state index contributed by atoms with van der Waals surface area (Å²) in [6.07, 6.45) is 4.56. The van der Waals surface area contributed by atoms with E-state index in [4.69, 9.17) is 4.74 Å². The van der Waals surface area contributed by atoms with Crippen molar-refractivity contribution in [3.63, 3.8) is 0 Å². The lowest BCUT2D eigenvalue weighted by Crippen LogP contribution is -2.26. The average molecular weight is 249 g/mol. The Morgan fingerprint density at radius 3 is 3.12 bits per heavy atom. The summed E-state index contributed by atoms with van der Waals surface area (Å²) in [5.74, 6) is 0. The molecule has 90 valence electrons. The standard InChI is InChI=1S/C13H15NO2S/c1-9-2-3-10(16-9)8-14-6-4-12-11(13(14)15)5-7-17-12/h4-7,9-10H,2-3,8H2,1H3. The third-order valence-corrected chi connectivity index (χ3v) is 4.19. The average Bonchev–Trinajstić information content (AvgIpc) is 2.92. The molecule has 3 heterocycles. The van der Waals surface area contributed by atoms with Gasteiger partial charge in [-0.3, -0.25) is 4.79 Å². The van der Waals surface area contributed by atoms with E-state index in [1.165, 1.54) is 0 Å². The lowest BCUT2D eigenvalue weighted by molar-refractivity contribution is 0.0453. The second-order valence-corrected chi connectivity index (χ2v) is 5.57. The second-order valence-electron chi connectivity index (χ2n) is 4.62. The van der Waals surface area contributed by atoms with Crippen LogP contribution in [0.4, 0.5) is 0 Å². The highest BCUT2D eigenvalue weighted by molar-refractivity contribution is 7.17. The molecule has 3 rings (SSSR count). The van der Waals surface area contributed by atoms with Crippen molar-refractivity contribution < 1.29 is 4.74 Å². The molecule has 0 aromatic carbocycles. The van der Waals surface area contributed by atoms with Crippen LogP contribution in [0.25, 0.3) is 10.1 Å². The van der Waals surface area contributed by atoms with Crippen LogP contribution in [-0.4, -0.2) is 16.8 Å². The zero-order valence-corrected chi connectivity index (χ0v) is 10.6. The van der Waals surface area contributed by atoms with Gasteiger partial charge in [0, 0.05) is 10.9 Å². The minimum atomic E-state index is 0.104. The summed E-state index contributed by atoms with van der Waals surface area (Å²) in [7, 11) is 0. The van der Waals surface area contributed by atoms with Gasteiger partial charge in [0.15, 0.2) is 0 Å². The van der Waals surface area contributed by atoms with Crippen LogP contribution in [0, 0.1) is 0 Å².